The molecule has 0 aromatic heterocycles. The van der Waals surface area contributed by atoms with E-state index in [2.05, 4.69) is 0 Å². The molecule has 0 bridgehead atoms. The molecular formula is C25H22F3NO5S. The summed E-state index contributed by atoms with van der Waals surface area (Å²) in [6.07, 6.45) is -1.35. The molecule has 3 rings (SSSR count). The minimum atomic E-state index is -4.68. The van der Waals surface area contributed by atoms with E-state index in [0.29, 0.717) is 16.7 Å². The summed E-state index contributed by atoms with van der Waals surface area (Å²) in [6, 6.07) is 17.9. The Morgan fingerprint density at radius 3 is 2.23 bits per heavy atom. The van der Waals surface area contributed by atoms with Crippen LogP contribution in [0.2, 0.25) is 0 Å². The Kier molecular flexibility index (Phi) is 7.85. The van der Waals surface area contributed by atoms with Gasteiger partial charge in [0.2, 0.25) is 10.0 Å². The Morgan fingerprint density at radius 1 is 1.00 bits per heavy atom. The molecule has 3 aromatic rings. The Labute approximate surface area is 200 Å². The number of halogens is 3. The van der Waals surface area contributed by atoms with Gasteiger partial charge in [-0.3, -0.25) is 4.31 Å². The van der Waals surface area contributed by atoms with Gasteiger partial charge in [0.05, 0.1) is 24.1 Å². The molecule has 0 heterocycles. The van der Waals surface area contributed by atoms with Gasteiger partial charge in [0.1, 0.15) is 12.4 Å². The molecule has 35 heavy (non-hydrogen) atoms. The van der Waals surface area contributed by atoms with Gasteiger partial charge in [0.15, 0.2) is 0 Å². The number of carboxylic acid groups (broad SMARTS) is 1. The monoisotopic (exact) mass is 505 g/mol. The van der Waals surface area contributed by atoms with Crippen LogP contribution < -0.4 is 9.04 Å². The maximum absolute atomic E-state index is 13.4. The summed E-state index contributed by atoms with van der Waals surface area (Å²) < 4.78 is 72.2. The molecular weight excluding hydrogens is 483 g/mol. The van der Waals surface area contributed by atoms with Crippen LogP contribution in [0.1, 0.15) is 22.3 Å². The van der Waals surface area contributed by atoms with Crippen LogP contribution in [0.3, 0.4) is 0 Å². The second-order valence-corrected chi connectivity index (χ2v) is 9.54. The van der Waals surface area contributed by atoms with Crippen molar-refractivity contribution < 1.29 is 36.2 Å². The van der Waals surface area contributed by atoms with E-state index in [4.69, 9.17) is 9.84 Å². The van der Waals surface area contributed by atoms with Gasteiger partial charge in [-0.15, -0.1) is 0 Å². The first-order valence-corrected chi connectivity index (χ1v) is 12.1. The van der Waals surface area contributed by atoms with Crippen LogP contribution in [-0.4, -0.2) is 25.7 Å². The highest BCUT2D eigenvalue weighted by molar-refractivity contribution is 7.92. The van der Waals surface area contributed by atoms with Gasteiger partial charge in [0.25, 0.3) is 0 Å². The number of alkyl halides is 3. The van der Waals surface area contributed by atoms with Crippen molar-refractivity contribution in [2.24, 2.45) is 0 Å². The van der Waals surface area contributed by atoms with Crippen molar-refractivity contribution in [3.8, 4) is 5.75 Å². The lowest BCUT2D eigenvalue weighted by molar-refractivity contribution is -0.137. The van der Waals surface area contributed by atoms with E-state index >= 15 is 0 Å². The van der Waals surface area contributed by atoms with E-state index in [1.54, 1.807) is 54.6 Å². The Balaban J connectivity index is 1.94. The summed E-state index contributed by atoms with van der Waals surface area (Å²) in [7, 11) is -3.97. The van der Waals surface area contributed by atoms with Crippen LogP contribution in [0.25, 0.3) is 6.08 Å². The summed E-state index contributed by atoms with van der Waals surface area (Å²) in [4.78, 5) is 10.6. The third-order valence-electron chi connectivity index (χ3n) is 4.92. The van der Waals surface area contributed by atoms with E-state index in [1.165, 1.54) is 6.08 Å². The number of sulfonamides is 1. The number of hydrogen-bond acceptors (Lipinski definition) is 4. The first kappa shape index (κ1) is 25.8. The zero-order chi connectivity index (χ0) is 25.6. The van der Waals surface area contributed by atoms with Crippen molar-refractivity contribution in [2.75, 3.05) is 10.6 Å². The van der Waals surface area contributed by atoms with E-state index in [-0.39, 0.29) is 24.6 Å². The lowest BCUT2D eigenvalue weighted by Crippen LogP contribution is -2.30. The van der Waals surface area contributed by atoms with Crippen LogP contribution in [0.15, 0.2) is 78.9 Å². The standard InChI is InChI=1S/C25H22F3NO5S/c1-35(32,33)29(16-19-5-3-2-4-6-19)22-15-21(25(26,27)28)12-13-23(22)34-17-20-9-7-18(8-10-20)11-14-24(30)31/h2-15H,16-17H2,1H3,(H,30,31). The summed E-state index contributed by atoms with van der Waals surface area (Å²) >= 11 is 0. The molecule has 0 spiro atoms. The van der Waals surface area contributed by atoms with E-state index < -0.39 is 27.7 Å². The minimum absolute atomic E-state index is 0.0331. The summed E-state index contributed by atoms with van der Waals surface area (Å²) in [5.74, 6) is -1.12. The van der Waals surface area contributed by atoms with Crippen LogP contribution in [0, 0.1) is 0 Å². The van der Waals surface area contributed by atoms with Gasteiger partial charge in [0, 0.05) is 6.08 Å². The Hall–Kier alpha value is -3.79. The zero-order valence-electron chi connectivity index (χ0n) is 18.6. The van der Waals surface area contributed by atoms with Crippen LogP contribution in [-0.2, 0) is 34.1 Å². The van der Waals surface area contributed by atoms with E-state index in [9.17, 15) is 26.4 Å². The molecule has 6 nitrogen and oxygen atoms in total. The van der Waals surface area contributed by atoms with E-state index in [0.717, 1.165) is 34.8 Å². The topological polar surface area (TPSA) is 83.9 Å². The average molecular weight is 506 g/mol. The number of benzene rings is 3. The van der Waals surface area contributed by atoms with Gasteiger partial charge in [-0.25, -0.2) is 13.2 Å². The van der Waals surface area contributed by atoms with Gasteiger partial charge in [-0.05, 0) is 41.0 Å². The fraction of sp³-hybridized carbons (Fsp3) is 0.160. The number of ether oxygens (including phenoxy) is 1. The summed E-state index contributed by atoms with van der Waals surface area (Å²) in [5.41, 5.74) is 0.643. The quantitative estimate of drug-likeness (QED) is 0.397. The molecule has 0 saturated carbocycles. The molecule has 0 fully saturated rings. The molecule has 0 aliphatic heterocycles. The summed E-state index contributed by atoms with van der Waals surface area (Å²) in [6.45, 7) is -0.230. The third-order valence-corrected chi connectivity index (χ3v) is 6.04. The van der Waals surface area contributed by atoms with Gasteiger partial charge in [-0.1, -0.05) is 54.6 Å². The number of anilines is 1. The normalized spacial score (nSPS) is 12.0. The number of carboxylic acids is 1. The molecule has 0 radical (unpaired) electrons. The van der Waals surface area contributed by atoms with Crippen LogP contribution in [0.5, 0.6) is 5.75 Å². The van der Waals surface area contributed by atoms with Crippen molar-refractivity contribution in [2.45, 2.75) is 19.3 Å². The number of nitrogens with zero attached hydrogens (tertiary/aromatic N) is 1. The number of hydrogen-bond donors (Lipinski definition) is 1. The summed E-state index contributed by atoms with van der Waals surface area (Å²) in [5, 5.41) is 8.71. The predicted octanol–water partition coefficient (Wildman–Crippen LogP) is 5.35. The average Bonchev–Trinajstić information content (AvgIpc) is 2.80. The van der Waals surface area contributed by atoms with Gasteiger partial charge in [-0.2, -0.15) is 13.2 Å². The lowest BCUT2D eigenvalue weighted by atomic mass is 10.1. The van der Waals surface area contributed by atoms with E-state index in [1.807, 2.05) is 0 Å². The number of aliphatic carboxylic acids is 1. The third kappa shape index (κ3) is 7.35. The molecule has 0 unspecified atom stereocenters. The second kappa shape index (κ2) is 10.6. The molecule has 10 heteroatoms. The largest absolute Gasteiger partial charge is 0.487 e. The first-order valence-electron chi connectivity index (χ1n) is 10.3. The zero-order valence-corrected chi connectivity index (χ0v) is 19.4. The molecule has 0 aliphatic rings. The predicted molar refractivity (Wildman–Crippen MR) is 126 cm³/mol. The molecule has 0 aliphatic carbocycles. The Morgan fingerprint density at radius 2 is 1.66 bits per heavy atom. The van der Waals surface area contributed by atoms with Crippen molar-refractivity contribution in [1.29, 1.82) is 0 Å². The minimum Gasteiger partial charge on any atom is -0.487 e. The van der Waals surface area contributed by atoms with Crippen molar-refractivity contribution >= 4 is 27.8 Å². The highest BCUT2D eigenvalue weighted by atomic mass is 32.2. The highest BCUT2D eigenvalue weighted by Gasteiger charge is 2.33. The number of carbonyl (C=O) groups is 1. The molecule has 0 atom stereocenters. The fourth-order valence-corrected chi connectivity index (χ4v) is 4.08. The van der Waals surface area contributed by atoms with Gasteiger partial charge >= 0.3 is 12.1 Å². The maximum Gasteiger partial charge on any atom is 0.416 e. The van der Waals surface area contributed by atoms with Crippen molar-refractivity contribution in [1.82, 2.24) is 0 Å². The smallest absolute Gasteiger partial charge is 0.416 e. The van der Waals surface area contributed by atoms with Gasteiger partial charge < -0.3 is 9.84 Å². The molecule has 3 aromatic carbocycles. The van der Waals surface area contributed by atoms with Crippen LogP contribution in [0.4, 0.5) is 18.9 Å². The molecule has 0 amide bonds. The Bertz CT molecular complexity index is 1310. The molecule has 184 valence electrons. The van der Waals surface area contributed by atoms with Crippen LogP contribution >= 0.6 is 0 Å². The maximum atomic E-state index is 13.4. The number of rotatable bonds is 9. The second-order valence-electron chi connectivity index (χ2n) is 7.64. The van der Waals surface area contributed by atoms with Crippen molar-refractivity contribution in [3.05, 3.63) is 101 Å². The first-order chi connectivity index (χ1) is 16.4. The molecule has 0 saturated heterocycles. The highest BCUT2D eigenvalue weighted by Crippen LogP contribution is 2.38. The SMILES string of the molecule is CS(=O)(=O)N(Cc1ccccc1)c1cc(C(F)(F)F)ccc1OCc1ccc(C=CC(=O)O)cc1. The fourth-order valence-electron chi connectivity index (χ4n) is 3.19. The van der Waals surface area contributed by atoms with Crippen molar-refractivity contribution in [3.63, 3.8) is 0 Å². The molecule has 1 N–H and O–H groups in total. The lowest BCUT2D eigenvalue weighted by Gasteiger charge is -2.26.